The van der Waals surface area contributed by atoms with E-state index in [1.807, 2.05) is 48.8 Å². The van der Waals surface area contributed by atoms with Crippen LogP contribution in [0.4, 0.5) is 0 Å². The van der Waals surface area contributed by atoms with Gasteiger partial charge in [-0.15, -0.1) is 71.3 Å². The Hall–Kier alpha value is -3.13. The van der Waals surface area contributed by atoms with Crippen molar-refractivity contribution in [2.24, 2.45) is 0 Å². The van der Waals surface area contributed by atoms with Crippen LogP contribution in [0.2, 0.25) is 0 Å². The van der Waals surface area contributed by atoms with Gasteiger partial charge in [0.05, 0.1) is 0 Å². The molecule has 34 heavy (non-hydrogen) atoms. The van der Waals surface area contributed by atoms with E-state index >= 15 is 0 Å². The van der Waals surface area contributed by atoms with Gasteiger partial charge in [-0.1, -0.05) is 43.2 Å². The molecule has 0 spiro atoms. The summed E-state index contributed by atoms with van der Waals surface area (Å²) in [7, 11) is 0. The van der Waals surface area contributed by atoms with Crippen molar-refractivity contribution >= 4 is 10.8 Å². The average molecular weight is 619 g/mol. The number of benzene rings is 3. The van der Waals surface area contributed by atoms with E-state index in [0.29, 0.717) is 0 Å². The summed E-state index contributed by atoms with van der Waals surface area (Å²) in [4.78, 5) is 8.99. The van der Waals surface area contributed by atoms with E-state index in [9.17, 15) is 0 Å². The molecule has 0 bridgehead atoms. The maximum absolute atomic E-state index is 4.61. The second-order valence-electron chi connectivity index (χ2n) is 9.02. The summed E-state index contributed by atoms with van der Waals surface area (Å²) in [6.07, 6.45) is 3.74. The molecular formula is C31H26IrN2-2. The summed E-state index contributed by atoms with van der Waals surface area (Å²) < 4.78 is 0. The summed E-state index contributed by atoms with van der Waals surface area (Å²) in [6, 6.07) is 31.4. The Kier molecular flexibility index (Phi) is 6.79. The van der Waals surface area contributed by atoms with E-state index in [0.717, 1.165) is 22.5 Å². The molecule has 3 heteroatoms. The third kappa shape index (κ3) is 4.11. The zero-order chi connectivity index (χ0) is 23.0. The van der Waals surface area contributed by atoms with E-state index in [4.69, 9.17) is 0 Å². The second-order valence-corrected chi connectivity index (χ2v) is 9.02. The van der Waals surface area contributed by atoms with Crippen LogP contribution in [0.25, 0.3) is 33.3 Å². The summed E-state index contributed by atoms with van der Waals surface area (Å²) in [5.41, 5.74) is 9.50. The molecule has 5 aromatic rings. The minimum absolute atomic E-state index is 0. The van der Waals surface area contributed by atoms with Crippen molar-refractivity contribution in [1.82, 2.24) is 9.97 Å². The minimum atomic E-state index is 0. The molecule has 0 saturated heterocycles. The van der Waals surface area contributed by atoms with Crippen LogP contribution in [-0.2, 0) is 25.5 Å². The molecule has 6 rings (SSSR count). The van der Waals surface area contributed by atoms with Crippen molar-refractivity contribution in [3.05, 3.63) is 120 Å². The van der Waals surface area contributed by atoms with E-state index in [2.05, 4.69) is 86.2 Å². The van der Waals surface area contributed by atoms with Gasteiger partial charge < -0.3 is 9.97 Å². The van der Waals surface area contributed by atoms with Crippen LogP contribution in [0.3, 0.4) is 0 Å². The Labute approximate surface area is 215 Å². The number of fused-ring (bicyclic) bond motifs is 2. The van der Waals surface area contributed by atoms with Gasteiger partial charge in [-0.05, 0) is 59.1 Å². The van der Waals surface area contributed by atoms with E-state index in [-0.39, 0.29) is 25.5 Å². The van der Waals surface area contributed by atoms with Crippen molar-refractivity contribution in [3.63, 3.8) is 0 Å². The maximum atomic E-state index is 4.61. The van der Waals surface area contributed by atoms with Crippen molar-refractivity contribution in [3.8, 4) is 22.5 Å². The molecule has 0 amide bonds. The normalized spacial score (nSPS) is 12.7. The second kappa shape index (κ2) is 9.62. The van der Waals surface area contributed by atoms with Crippen molar-refractivity contribution in [2.45, 2.75) is 33.1 Å². The Morgan fingerprint density at radius 3 is 2.24 bits per heavy atom. The first-order valence-electron chi connectivity index (χ1n) is 11.3. The zero-order valence-corrected chi connectivity index (χ0v) is 22.2. The molecule has 3 aromatic carbocycles. The zero-order valence-electron chi connectivity index (χ0n) is 19.8. The number of nitrogens with zero attached hydrogens (tertiary/aromatic N) is 2. The van der Waals surface area contributed by atoms with Gasteiger partial charge in [0.2, 0.25) is 0 Å². The Morgan fingerprint density at radius 1 is 0.706 bits per heavy atom. The molecule has 1 aliphatic rings. The SMILES string of the molecule is CC1(C)c2ccc[c-]c2-c2nccc3cccc1c23.Cc1ccnc(-c2[c-]cccc2)c1C.[Ir]. The first-order chi connectivity index (χ1) is 16.0. The van der Waals surface area contributed by atoms with Gasteiger partial charge in [0, 0.05) is 32.5 Å². The molecule has 2 aromatic heterocycles. The van der Waals surface area contributed by atoms with Crippen LogP contribution < -0.4 is 0 Å². The number of aryl methyl sites for hydroxylation is 1. The molecule has 0 N–H and O–H groups in total. The van der Waals surface area contributed by atoms with E-state index in [1.54, 1.807) is 0 Å². The van der Waals surface area contributed by atoms with E-state index in [1.165, 1.54) is 33.0 Å². The number of hydrogen-bond acceptors (Lipinski definition) is 2. The van der Waals surface area contributed by atoms with Crippen LogP contribution >= 0.6 is 0 Å². The Bertz CT molecular complexity index is 1450. The topological polar surface area (TPSA) is 25.8 Å². The van der Waals surface area contributed by atoms with Crippen molar-refractivity contribution in [1.29, 1.82) is 0 Å². The van der Waals surface area contributed by atoms with Crippen molar-refractivity contribution < 1.29 is 20.1 Å². The molecule has 0 fully saturated rings. The van der Waals surface area contributed by atoms with Gasteiger partial charge in [-0.25, -0.2) is 0 Å². The predicted octanol–water partition coefficient (Wildman–Crippen LogP) is 7.50. The molecule has 0 unspecified atom stereocenters. The van der Waals surface area contributed by atoms with Gasteiger partial charge >= 0.3 is 0 Å². The van der Waals surface area contributed by atoms with Gasteiger partial charge in [-0.3, -0.25) is 0 Å². The Balaban J connectivity index is 0.000000164. The fraction of sp³-hybridized carbons (Fsp3) is 0.161. The van der Waals surface area contributed by atoms with Gasteiger partial charge in [0.25, 0.3) is 0 Å². The summed E-state index contributed by atoms with van der Waals surface area (Å²) in [5, 5.41) is 2.54. The largest absolute Gasteiger partial charge is 0.304 e. The molecular weight excluding hydrogens is 593 g/mol. The maximum Gasteiger partial charge on any atom is 0.0167 e. The number of pyridine rings is 2. The quantitative estimate of drug-likeness (QED) is 0.182. The number of aromatic nitrogens is 2. The predicted molar refractivity (Wildman–Crippen MR) is 136 cm³/mol. The molecule has 2 nitrogen and oxygen atoms in total. The molecule has 2 heterocycles. The monoisotopic (exact) mass is 619 g/mol. The summed E-state index contributed by atoms with van der Waals surface area (Å²) in [6.45, 7) is 8.76. The molecule has 0 aliphatic heterocycles. The average Bonchev–Trinajstić information content (AvgIpc) is 2.85. The number of hydrogen-bond donors (Lipinski definition) is 0. The summed E-state index contributed by atoms with van der Waals surface area (Å²) in [5.74, 6) is 0. The van der Waals surface area contributed by atoms with E-state index < -0.39 is 0 Å². The molecule has 171 valence electrons. The fourth-order valence-corrected chi connectivity index (χ4v) is 4.68. The molecule has 0 atom stereocenters. The van der Waals surface area contributed by atoms with Crippen LogP contribution in [0, 0.1) is 26.0 Å². The third-order valence-corrected chi connectivity index (χ3v) is 6.67. The van der Waals surface area contributed by atoms with Gasteiger partial charge in [0.1, 0.15) is 0 Å². The first-order valence-corrected chi connectivity index (χ1v) is 11.3. The molecule has 1 aliphatic carbocycles. The molecule has 1 radical (unpaired) electrons. The fourth-order valence-electron chi connectivity index (χ4n) is 4.68. The van der Waals surface area contributed by atoms with Crippen LogP contribution in [-0.4, -0.2) is 9.97 Å². The van der Waals surface area contributed by atoms with Crippen LogP contribution in [0.1, 0.15) is 36.1 Å². The van der Waals surface area contributed by atoms with Gasteiger partial charge in [-0.2, -0.15) is 0 Å². The van der Waals surface area contributed by atoms with Crippen LogP contribution in [0.15, 0.2) is 85.2 Å². The standard InChI is InChI=1S/C18H14N.C13H12N.Ir/c1-18(2)14-8-4-3-7-13(14)17-16-12(10-11-19-17)6-5-9-15(16)18;1-10-8-9-14-13(11(10)2)12-6-4-3-5-7-12;/h3-6,8-11H,1-2H3;3-6,8-9H,1-2H3;/q2*-1;. The minimum Gasteiger partial charge on any atom is -0.304 e. The third-order valence-electron chi connectivity index (χ3n) is 6.67. The number of rotatable bonds is 1. The smallest absolute Gasteiger partial charge is 0.0167 e. The Morgan fingerprint density at radius 2 is 1.44 bits per heavy atom. The van der Waals surface area contributed by atoms with Crippen molar-refractivity contribution in [2.75, 3.05) is 0 Å². The molecule has 0 saturated carbocycles. The summed E-state index contributed by atoms with van der Waals surface area (Å²) >= 11 is 0. The first kappa shape index (κ1) is 24.0. The van der Waals surface area contributed by atoms with Crippen LogP contribution in [0.5, 0.6) is 0 Å². The van der Waals surface area contributed by atoms with Gasteiger partial charge in [0.15, 0.2) is 0 Å².